The van der Waals surface area contributed by atoms with Gasteiger partial charge in [-0.15, -0.1) is 0 Å². The van der Waals surface area contributed by atoms with E-state index in [0.717, 1.165) is 6.42 Å². The van der Waals surface area contributed by atoms with Crippen LogP contribution in [0.25, 0.3) is 0 Å². The van der Waals surface area contributed by atoms with Gasteiger partial charge in [0.15, 0.2) is 0 Å². The number of rotatable bonds is 3. The van der Waals surface area contributed by atoms with Crippen LogP contribution < -0.4 is 11.1 Å². The van der Waals surface area contributed by atoms with Gasteiger partial charge >= 0.3 is 6.18 Å². The van der Waals surface area contributed by atoms with Crippen molar-refractivity contribution in [2.75, 3.05) is 0 Å². The molecular formula is C10H17F3N2O. The van der Waals surface area contributed by atoms with Crippen molar-refractivity contribution in [2.45, 2.75) is 50.9 Å². The molecule has 6 heteroatoms. The molecule has 3 atom stereocenters. The van der Waals surface area contributed by atoms with Crippen LogP contribution in [0.15, 0.2) is 0 Å². The van der Waals surface area contributed by atoms with Gasteiger partial charge in [-0.1, -0.05) is 0 Å². The second-order valence-electron chi connectivity index (χ2n) is 4.50. The van der Waals surface area contributed by atoms with Crippen molar-refractivity contribution in [3.63, 3.8) is 0 Å². The molecule has 3 unspecified atom stereocenters. The van der Waals surface area contributed by atoms with Crippen LogP contribution in [-0.2, 0) is 4.79 Å². The summed E-state index contributed by atoms with van der Waals surface area (Å²) in [6.45, 7) is 1.36. The number of nitrogens with two attached hydrogens (primary N) is 1. The van der Waals surface area contributed by atoms with E-state index in [2.05, 4.69) is 5.32 Å². The summed E-state index contributed by atoms with van der Waals surface area (Å²) in [6.07, 6.45) is -3.21. The number of amides is 1. The highest BCUT2D eigenvalue weighted by molar-refractivity contribution is 5.79. The van der Waals surface area contributed by atoms with Gasteiger partial charge in [-0.05, 0) is 26.2 Å². The Balaban J connectivity index is 2.34. The third kappa shape index (κ3) is 4.38. The molecule has 1 amide bonds. The highest BCUT2D eigenvalue weighted by Gasteiger charge is 2.33. The fourth-order valence-corrected chi connectivity index (χ4v) is 2.01. The lowest BCUT2D eigenvalue weighted by atomic mass is 10.1. The molecule has 0 heterocycles. The second-order valence-corrected chi connectivity index (χ2v) is 4.50. The van der Waals surface area contributed by atoms with Gasteiger partial charge in [0, 0.05) is 18.0 Å². The fraction of sp³-hybridized carbons (Fsp3) is 0.900. The maximum Gasteiger partial charge on any atom is 0.391 e. The summed E-state index contributed by atoms with van der Waals surface area (Å²) >= 11 is 0. The summed E-state index contributed by atoms with van der Waals surface area (Å²) in [6, 6.07) is -0.863. The maximum absolute atomic E-state index is 12.0. The van der Waals surface area contributed by atoms with E-state index in [1.165, 1.54) is 6.92 Å². The van der Waals surface area contributed by atoms with E-state index in [9.17, 15) is 18.0 Å². The quantitative estimate of drug-likeness (QED) is 0.784. The van der Waals surface area contributed by atoms with E-state index in [1.807, 2.05) is 0 Å². The van der Waals surface area contributed by atoms with Crippen molar-refractivity contribution in [3.8, 4) is 0 Å². The Morgan fingerprint density at radius 1 is 1.50 bits per heavy atom. The number of nitrogens with one attached hydrogen (secondary N) is 1. The largest absolute Gasteiger partial charge is 0.391 e. The molecule has 0 bridgehead atoms. The first-order valence-corrected chi connectivity index (χ1v) is 5.40. The molecule has 0 aromatic heterocycles. The topological polar surface area (TPSA) is 55.1 Å². The molecule has 3 nitrogen and oxygen atoms in total. The number of hydrogen-bond donors (Lipinski definition) is 2. The van der Waals surface area contributed by atoms with Crippen molar-refractivity contribution in [1.82, 2.24) is 5.32 Å². The molecule has 1 aliphatic rings. The van der Waals surface area contributed by atoms with E-state index in [1.54, 1.807) is 0 Å². The van der Waals surface area contributed by atoms with Crippen LogP contribution in [0.1, 0.15) is 32.6 Å². The van der Waals surface area contributed by atoms with Gasteiger partial charge in [0.1, 0.15) is 0 Å². The molecule has 1 fully saturated rings. The standard InChI is InChI=1S/C10H17F3N2O/c1-6(5-10(11,12)13)15-9(16)7-2-3-8(14)4-7/h6-8H,2-5,14H2,1H3,(H,15,16). The summed E-state index contributed by atoms with van der Waals surface area (Å²) in [5, 5.41) is 2.38. The van der Waals surface area contributed by atoms with E-state index < -0.39 is 18.6 Å². The van der Waals surface area contributed by atoms with E-state index >= 15 is 0 Å². The lowest BCUT2D eigenvalue weighted by Crippen LogP contribution is -2.39. The minimum absolute atomic E-state index is 0.00803. The normalized spacial score (nSPS) is 27.8. The SMILES string of the molecule is CC(CC(F)(F)F)NC(=O)C1CCC(N)C1. The third-order valence-electron chi connectivity index (χ3n) is 2.77. The Hall–Kier alpha value is -0.780. The highest BCUT2D eigenvalue weighted by Crippen LogP contribution is 2.25. The zero-order valence-electron chi connectivity index (χ0n) is 9.18. The maximum atomic E-state index is 12.0. The molecule has 1 saturated carbocycles. The summed E-state index contributed by atoms with van der Waals surface area (Å²) in [5.74, 6) is -0.518. The van der Waals surface area contributed by atoms with Gasteiger partial charge in [0.2, 0.25) is 5.91 Å². The van der Waals surface area contributed by atoms with Crippen LogP contribution in [0, 0.1) is 5.92 Å². The summed E-state index contributed by atoms with van der Waals surface area (Å²) in [4.78, 5) is 11.6. The Morgan fingerprint density at radius 2 is 2.12 bits per heavy atom. The summed E-state index contributed by atoms with van der Waals surface area (Å²) in [7, 11) is 0. The number of hydrogen-bond acceptors (Lipinski definition) is 2. The minimum Gasteiger partial charge on any atom is -0.353 e. The van der Waals surface area contributed by atoms with Gasteiger partial charge in [0.25, 0.3) is 0 Å². The Morgan fingerprint density at radius 3 is 2.56 bits per heavy atom. The lowest BCUT2D eigenvalue weighted by Gasteiger charge is -2.18. The Labute approximate surface area is 92.6 Å². The van der Waals surface area contributed by atoms with Gasteiger partial charge in [-0.25, -0.2) is 0 Å². The van der Waals surface area contributed by atoms with E-state index in [4.69, 9.17) is 5.73 Å². The molecule has 0 aromatic carbocycles. The minimum atomic E-state index is -4.24. The van der Waals surface area contributed by atoms with Crippen molar-refractivity contribution >= 4 is 5.91 Å². The van der Waals surface area contributed by atoms with Crippen LogP contribution in [0.3, 0.4) is 0 Å². The summed E-state index contributed by atoms with van der Waals surface area (Å²) < 4.78 is 36.1. The Kier molecular flexibility index (Phi) is 4.18. The molecule has 0 aromatic rings. The van der Waals surface area contributed by atoms with Gasteiger partial charge in [-0.2, -0.15) is 13.2 Å². The number of halogens is 3. The molecular weight excluding hydrogens is 221 g/mol. The first-order valence-electron chi connectivity index (χ1n) is 5.40. The molecule has 94 valence electrons. The van der Waals surface area contributed by atoms with Crippen LogP contribution in [0.2, 0.25) is 0 Å². The average Bonchev–Trinajstić information content (AvgIpc) is 2.47. The van der Waals surface area contributed by atoms with Crippen molar-refractivity contribution in [1.29, 1.82) is 0 Å². The first kappa shape index (κ1) is 13.3. The molecule has 1 rings (SSSR count). The molecule has 16 heavy (non-hydrogen) atoms. The van der Waals surface area contributed by atoms with Gasteiger partial charge in [-0.3, -0.25) is 4.79 Å². The second kappa shape index (κ2) is 5.03. The van der Waals surface area contributed by atoms with E-state index in [0.29, 0.717) is 12.8 Å². The van der Waals surface area contributed by atoms with E-state index in [-0.39, 0.29) is 17.9 Å². The zero-order valence-corrected chi connectivity index (χ0v) is 9.18. The molecule has 0 radical (unpaired) electrons. The first-order chi connectivity index (χ1) is 7.28. The number of carbonyl (C=O) groups is 1. The molecule has 0 spiro atoms. The number of carbonyl (C=O) groups excluding carboxylic acids is 1. The van der Waals surface area contributed by atoms with Crippen molar-refractivity contribution < 1.29 is 18.0 Å². The monoisotopic (exact) mass is 238 g/mol. The molecule has 0 aliphatic heterocycles. The lowest BCUT2D eigenvalue weighted by molar-refractivity contribution is -0.142. The average molecular weight is 238 g/mol. The van der Waals surface area contributed by atoms with Crippen LogP contribution >= 0.6 is 0 Å². The van der Waals surface area contributed by atoms with Gasteiger partial charge < -0.3 is 11.1 Å². The predicted octanol–water partition coefficient (Wildman–Crippen LogP) is 1.57. The Bertz CT molecular complexity index is 255. The molecule has 3 N–H and O–H groups in total. The van der Waals surface area contributed by atoms with Crippen LogP contribution in [0.5, 0.6) is 0 Å². The zero-order chi connectivity index (χ0) is 12.3. The molecule has 0 saturated heterocycles. The summed E-state index contributed by atoms with van der Waals surface area (Å²) in [5.41, 5.74) is 5.64. The van der Waals surface area contributed by atoms with Crippen molar-refractivity contribution in [3.05, 3.63) is 0 Å². The van der Waals surface area contributed by atoms with Crippen LogP contribution in [0.4, 0.5) is 13.2 Å². The molecule has 1 aliphatic carbocycles. The third-order valence-corrected chi connectivity index (χ3v) is 2.77. The number of alkyl halides is 3. The predicted molar refractivity (Wildman–Crippen MR) is 53.6 cm³/mol. The highest BCUT2D eigenvalue weighted by atomic mass is 19.4. The van der Waals surface area contributed by atoms with Gasteiger partial charge in [0.05, 0.1) is 6.42 Å². The van der Waals surface area contributed by atoms with Crippen LogP contribution in [-0.4, -0.2) is 24.2 Å². The van der Waals surface area contributed by atoms with Crippen molar-refractivity contribution in [2.24, 2.45) is 11.7 Å². The fourth-order valence-electron chi connectivity index (χ4n) is 2.01. The smallest absolute Gasteiger partial charge is 0.353 e.